The number of hydrogen-bond acceptors (Lipinski definition) is 5. The number of benzene rings is 3. The Morgan fingerprint density at radius 3 is 2.54 bits per heavy atom. The molecule has 1 aromatic heterocycles. The number of nitriles is 1. The van der Waals surface area contributed by atoms with Crippen LogP contribution in [0.15, 0.2) is 82.7 Å². The van der Waals surface area contributed by atoms with E-state index in [0.29, 0.717) is 23.3 Å². The summed E-state index contributed by atoms with van der Waals surface area (Å²) in [5, 5.41) is 14.4. The molecule has 0 unspecified atom stereocenters. The Morgan fingerprint density at radius 1 is 1.00 bits per heavy atom. The fraction of sp³-hybridized carbons (Fsp3) is 0.241. The van der Waals surface area contributed by atoms with Gasteiger partial charge in [0.2, 0.25) is 0 Å². The van der Waals surface area contributed by atoms with Crippen LogP contribution in [0.5, 0.6) is 5.75 Å². The second-order valence-corrected chi connectivity index (χ2v) is 8.81. The molecule has 0 spiro atoms. The summed E-state index contributed by atoms with van der Waals surface area (Å²) in [6.07, 6.45) is 7.28. The molecule has 174 valence electrons. The third kappa shape index (κ3) is 4.99. The van der Waals surface area contributed by atoms with E-state index in [1.54, 1.807) is 18.3 Å². The first kappa shape index (κ1) is 22.5. The summed E-state index contributed by atoms with van der Waals surface area (Å²) < 4.78 is 7.34. The molecular formula is C29H26N4O2. The van der Waals surface area contributed by atoms with Gasteiger partial charge in [0.15, 0.2) is 0 Å². The molecule has 1 fully saturated rings. The molecule has 0 atom stereocenters. The van der Waals surface area contributed by atoms with Gasteiger partial charge in [-0.05, 0) is 60.9 Å². The lowest BCUT2D eigenvalue weighted by atomic mass is 9.88. The van der Waals surface area contributed by atoms with Crippen LogP contribution in [0, 0.1) is 11.3 Å². The summed E-state index contributed by atoms with van der Waals surface area (Å²) in [6.45, 7) is 0.320. The molecule has 4 aromatic rings. The minimum absolute atomic E-state index is 0.136. The zero-order valence-electron chi connectivity index (χ0n) is 19.4. The van der Waals surface area contributed by atoms with E-state index in [2.05, 4.69) is 11.2 Å². The Bertz CT molecular complexity index is 1460. The fourth-order valence-electron chi connectivity index (χ4n) is 4.57. The van der Waals surface area contributed by atoms with Crippen molar-refractivity contribution in [3.8, 4) is 11.8 Å². The van der Waals surface area contributed by atoms with Gasteiger partial charge in [-0.15, -0.1) is 0 Å². The highest BCUT2D eigenvalue weighted by atomic mass is 16.5. The first-order valence-corrected chi connectivity index (χ1v) is 12.0. The summed E-state index contributed by atoms with van der Waals surface area (Å²) in [5.41, 5.74) is 2.90. The molecule has 6 heteroatoms. The average molecular weight is 463 g/mol. The maximum Gasteiger partial charge on any atom is 0.282 e. The number of hydrogen-bond donors (Lipinski definition) is 0. The van der Waals surface area contributed by atoms with Crippen LogP contribution < -0.4 is 10.3 Å². The normalized spacial score (nSPS) is 14.3. The van der Waals surface area contributed by atoms with Gasteiger partial charge in [0.1, 0.15) is 18.2 Å². The number of para-hydroxylation sites is 1. The van der Waals surface area contributed by atoms with E-state index < -0.39 is 0 Å². The van der Waals surface area contributed by atoms with E-state index in [1.807, 2.05) is 60.7 Å². The molecule has 0 bridgehead atoms. The summed E-state index contributed by atoms with van der Waals surface area (Å²) in [7, 11) is 0. The standard InChI is InChI=1S/C29H26N4O2/c30-18-23-10-4-5-11-24(23)20-35-25-16-14-21(15-17-25)19-31-33-28(22-8-2-1-3-9-22)32-27-13-7-6-12-26(27)29(33)34/h4-7,10-17,19,22H,1-3,8-9,20H2. The number of rotatable bonds is 6. The number of aromatic nitrogens is 2. The second kappa shape index (κ2) is 10.4. The summed E-state index contributed by atoms with van der Waals surface area (Å²) in [5.74, 6) is 1.69. The van der Waals surface area contributed by atoms with Crippen molar-refractivity contribution >= 4 is 17.1 Å². The lowest BCUT2D eigenvalue weighted by Crippen LogP contribution is -2.25. The van der Waals surface area contributed by atoms with Gasteiger partial charge < -0.3 is 4.74 Å². The molecule has 1 aliphatic carbocycles. The van der Waals surface area contributed by atoms with E-state index in [-0.39, 0.29) is 11.5 Å². The first-order valence-electron chi connectivity index (χ1n) is 12.0. The van der Waals surface area contributed by atoms with Crippen LogP contribution in [0.4, 0.5) is 0 Å². The highest BCUT2D eigenvalue weighted by Gasteiger charge is 2.22. The third-order valence-corrected chi connectivity index (χ3v) is 6.48. The molecule has 35 heavy (non-hydrogen) atoms. The first-order chi connectivity index (χ1) is 17.2. The summed E-state index contributed by atoms with van der Waals surface area (Å²) >= 11 is 0. The monoisotopic (exact) mass is 462 g/mol. The van der Waals surface area contributed by atoms with Crippen molar-refractivity contribution in [2.45, 2.75) is 44.6 Å². The number of nitrogens with zero attached hydrogens (tertiary/aromatic N) is 4. The molecular weight excluding hydrogens is 436 g/mol. The van der Waals surface area contributed by atoms with E-state index in [0.717, 1.165) is 48.2 Å². The minimum Gasteiger partial charge on any atom is -0.489 e. The molecule has 5 rings (SSSR count). The van der Waals surface area contributed by atoms with Crippen molar-refractivity contribution in [2.75, 3.05) is 0 Å². The minimum atomic E-state index is -0.136. The quantitative estimate of drug-likeness (QED) is 0.340. The molecule has 3 aromatic carbocycles. The van der Waals surface area contributed by atoms with Crippen LogP contribution in [0.25, 0.3) is 10.9 Å². The SMILES string of the molecule is N#Cc1ccccc1COc1ccc(C=Nn2c(C3CCCCC3)nc3ccccc3c2=O)cc1. The van der Waals surface area contributed by atoms with E-state index in [9.17, 15) is 10.1 Å². The number of fused-ring (bicyclic) bond motifs is 1. The Balaban J connectivity index is 1.38. The Hall–Kier alpha value is -4.24. The highest BCUT2D eigenvalue weighted by Crippen LogP contribution is 2.31. The second-order valence-electron chi connectivity index (χ2n) is 8.81. The lowest BCUT2D eigenvalue weighted by molar-refractivity contribution is 0.306. The maximum absolute atomic E-state index is 13.3. The molecule has 0 aliphatic heterocycles. The van der Waals surface area contributed by atoms with Crippen molar-refractivity contribution in [3.05, 3.63) is 106 Å². The van der Waals surface area contributed by atoms with Crippen molar-refractivity contribution in [1.29, 1.82) is 5.26 Å². The molecule has 0 N–H and O–H groups in total. The highest BCUT2D eigenvalue weighted by molar-refractivity contribution is 5.80. The smallest absolute Gasteiger partial charge is 0.282 e. The van der Waals surface area contributed by atoms with Gasteiger partial charge in [-0.3, -0.25) is 4.79 Å². The van der Waals surface area contributed by atoms with Crippen molar-refractivity contribution in [3.63, 3.8) is 0 Å². The van der Waals surface area contributed by atoms with Crippen molar-refractivity contribution in [2.24, 2.45) is 5.10 Å². The predicted molar refractivity (Wildman–Crippen MR) is 137 cm³/mol. The summed E-state index contributed by atoms with van der Waals surface area (Å²) in [4.78, 5) is 18.2. The van der Waals surface area contributed by atoms with Crippen LogP contribution in [0.3, 0.4) is 0 Å². The van der Waals surface area contributed by atoms with Crippen LogP contribution in [0.1, 0.15) is 60.5 Å². The van der Waals surface area contributed by atoms with E-state index in [1.165, 1.54) is 11.1 Å². The molecule has 0 saturated heterocycles. The van der Waals surface area contributed by atoms with E-state index >= 15 is 0 Å². The van der Waals surface area contributed by atoms with Crippen molar-refractivity contribution < 1.29 is 4.74 Å². The van der Waals surface area contributed by atoms with E-state index in [4.69, 9.17) is 9.72 Å². The van der Waals surface area contributed by atoms with Crippen LogP contribution in [-0.2, 0) is 6.61 Å². The van der Waals surface area contributed by atoms with Gasteiger partial charge in [-0.1, -0.05) is 49.6 Å². The third-order valence-electron chi connectivity index (χ3n) is 6.48. The topological polar surface area (TPSA) is 80.3 Å². The van der Waals surface area contributed by atoms with Crippen LogP contribution >= 0.6 is 0 Å². The van der Waals surface area contributed by atoms with Gasteiger partial charge in [0.05, 0.1) is 28.8 Å². The lowest BCUT2D eigenvalue weighted by Gasteiger charge is -2.22. The van der Waals surface area contributed by atoms with Gasteiger partial charge >= 0.3 is 0 Å². The fourth-order valence-corrected chi connectivity index (χ4v) is 4.57. The van der Waals surface area contributed by atoms with Crippen molar-refractivity contribution in [1.82, 2.24) is 9.66 Å². The molecule has 0 radical (unpaired) electrons. The molecule has 1 saturated carbocycles. The van der Waals surface area contributed by atoms with Gasteiger partial charge in [-0.25, -0.2) is 4.98 Å². The number of ether oxygens (including phenoxy) is 1. The maximum atomic E-state index is 13.3. The Kier molecular flexibility index (Phi) is 6.67. The Morgan fingerprint density at radius 2 is 1.74 bits per heavy atom. The molecule has 0 amide bonds. The van der Waals surface area contributed by atoms with Crippen LogP contribution in [-0.4, -0.2) is 15.9 Å². The zero-order chi connectivity index (χ0) is 24.0. The zero-order valence-corrected chi connectivity index (χ0v) is 19.4. The predicted octanol–water partition coefficient (Wildman–Crippen LogP) is 5.78. The summed E-state index contributed by atoms with van der Waals surface area (Å²) in [6, 6.07) is 24.6. The molecule has 6 nitrogen and oxygen atoms in total. The largest absolute Gasteiger partial charge is 0.489 e. The molecule has 1 heterocycles. The molecule has 1 aliphatic rings. The van der Waals surface area contributed by atoms with Gasteiger partial charge in [0.25, 0.3) is 5.56 Å². The van der Waals surface area contributed by atoms with Gasteiger partial charge in [0, 0.05) is 11.5 Å². The average Bonchev–Trinajstić information content (AvgIpc) is 2.92. The Labute approximate surface area is 204 Å². The van der Waals surface area contributed by atoms with Gasteiger partial charge in [-0.2, -0.15) is 15.0 Å². The van der Waals surface area contributed by atoms with Crippen LogP contribution in [0.2, 0.25) is 0 Å².